The maximum absolute atomic E-state index is 14.5. The van der Waals surface area contributed by atoms with Crippen molar-refractivity contribution in [3.8, 4) is 54.6 Å². The van der Waals surface area contributed by atoms with E-state index in [-0.39, 0.29) is 18.2 Å². The van der Waals surface area contributed by atoms with Crippen molar-refractivity contribution >= 4 is 16.7 Å². The lowest BCUT2D eigenvalue weighted by atomic mass is 9.90. The van der Waals surface area contributed by atoms with Crippen LogP contribution in [0.2, 0.25) is 0 Å². The van der Waals surface area contributed by atoms with Crippen LogP contribution in [-0.2, 0) is 18.5 Å². The third kappa shape index (κ3) is 6.61. The smallest absolute Gasteiger partial charge is 0.192 e. The molecule has 3 aromatic carbocycles. The lowest BCUT2D eigenvalue weighted by Crippen LogP contribution is -2.11. The standard InChI is InChI=1S/C36H6F9N9/c37-34(38,39)25-4-16(7-46)1-19(10-49)28(25)22(13-52)31-32(23(14-53)29-20(11-50)2-17(8-47)5-26(29)35(40,41)42)33(31)24(15-54)30-21(12-51)3-18(9-48)6-27(30)36(43,44)45/h1-6H. The van der Waals surface area contributed by atoms with Gasteiger partial charge in [-0.2, -0.15) is 86.9 Å². The zero-order valence-electron chi connectivity index (χ0n) is 25.9. The summed E-state index contributed by atoms with van der Waals surface area (Å²) < 4.78 is 130. The van der Waals surface area contributed by atoms with Crippen LogP contribution in [0.25, 0.3) is 16.7 Å². The average Bonchev–Trinajstić information content (AvgIpc) is 3.84. The molecular weight excluding hydrogens is 729 g/mol. The van der Waals surface area contributed by atoms with Crippen LogP contribution < -0.4 is 0 Å². The molecule has 0 atom stereocenters. The summed E-state index contributed by atoms with van der Waals surface area (Å²) in [4.78, 5) is 0. The summed E-state index contributed by atoms with van der Waals surface area (Å²) >= 11 is 0. The molecule has 1 aliphatic carbocycles. The highest BCUT2D eigenvalue weighted by Crippen LogP contribution is 2.59. The van der Waals surface area contributed by atoms with Crippen LogP contribution in [0.15, 0.2) is 53.1 Å². The van der Waals surface area contributed by atoms with E-state index in [2.05, 4.69) is 0 Å². The van der Waals surface area contributed by atoms with Gasteiger partial charge in [0.15, 0.2) is 0 Å². The Balaban J connectivity index is 2.48. The first-order valence-corrected chi connectivity index (χ1v) is 13.9. The van der Waals surface area contributed by atoms with Gasteiger partial charge in [-0.25, -0.2) is 0 Å². The van der Waals surface area contributed by atoms with Crippen LogP contribution in [0, 0.1) is 102 Å². The fourth-order valence-electron chi connectivity index (χ4n) is 5.51. The molecule has 0 unspecified atom stereocenters. The molecule has 1 aliphatic rings. The summed E-state index contributed by atoms with van der Waals surface area (Å²) in [6, 6.07) is 14.3. The lowest BCUT2D eigenvalue weighted by Gasteiger charge is -2.15. The van der Waals surface area contributed by atoms with Gasteiger partial charge in [0.05, 0.1) is 103 Å². The minimum Gasteiger partial charge on any atom is -0.192 e. The third-order valence-corrected chi connectivity index (χ3v) is 7.60. The lowest BCUT2D eigenvalue weighted by molar-refractivity contribution is -0.138. The van der Waals surface area contributed by atoms with Crippen molar-refractivity contribution in [3.05, 3.63) is 120 Å². The Hall–Kier alpha value is -8.34. The van der Waals surface area contributed by atoms with Gasteiger partial charge in [-0.05, 0) is 36.4 Å². The number of benzene rings is 3. The average molecular weight is 735 g/mol. The van der Waals surface area contributed by atoms with Crippen LogP contribution >= 0.6 is 0 Å². The minimum absolute atomic E-state index is 0.186. The van der Waals surface area contributed by atoms with Gasteiger partial charge < -0.3 is 0 Å². The molecule has 18 heteroatoms. The maximum Gasteiger partial charge on any atom is 0.417 e. The molecule has 0 saturated heterocycles. The molecule has 0 bridgehead atoms. The monoisotopic (exact) mass is 735 g/mol. The van der Waals surface area contributed by atoms with E-state index in [1.807, 2.05) is 0 Å². The highest BCUT2D eigenvalue weighted by Gasteiger charge is 2.48. The van der Waals surface area contributed by atoms with E-state index < -0.39 is 119 Å². The number of hydrogen-bond acceptors (Lipinski definition) is 9. The molecule has 4 rings (SSSR count). The molecule has 0 amide bonds. The normalized spacial score (nSPS) is 11.9. The topological polar surface area (TPSA) is 214 Å². The van der Waals surface area contributed by atoms with Gasteiger partial charge in [0.2, 0.25) is 0 Å². The zero-order chi connectivity index (χ0) is 40.5. The molecular formula is C36H6F9N9. The first kappa shape index (κ1) is 38.5. The van der Waals surface area contributed by atoms with Crippen molar-refractivity contribution in [1.29, 1.82) is 47.4 Å². The Morgan fingerprint density at radius 1 is 0.352 bits per heavy atom. The predicted octanol–water partition coefficient (Wildman–Crippen LogP) is 8.22. The summed E-state index contributed by atoms with van der Waals surface area (Å²) in [5.41, 5.74) is -22.2. The fourth-order valence-corrected chi connectivity index (χ4v) is 5.51. The molecule has 0 radical (unpaired) electrons. The molecule has 9 nitrogen and oxygen atoms in total. The molecule has 0 spiro atoms. The van der Waals surface area contributed by atoms with Crippen molar-refractivity contribution in [3.63, 3.8) is 0 Å². The summed E-state index contributed by atoms with van der Waals surface area (Å²) in [5, 5.41) is 88.2. The highest BCUT2D eigenvalue weighted by molar-refractivity contribution is 6.13. The SMILES string of the molecule is N#CC(=C1C(=C(C#N)c2c(C#N)cc(C#N)cc2C(F)(F)F)C1=C(C#N)c1c(C#N)cc(C#N)cc1C(F)(F)F)c1c(C#N)cc(C#N)cc1C(F)(F)F. The van der Waals surface area contributed by atoms with E-state index in [0.717, 1.165) is 0 Å². The van der Waals surface area contributed by atoms with E-state index in [4.69, 9.17) is 0 Å². The van der Waals surface area contributed by atoms with E-state index in [0.29, 0.717) is 18.2 Å². The molecule has 258 valence electrons. The van der Waals surface area contributed by atoms with E-state index in [1.165, 1.54) is 54.6 Å². The van der Waals surface area contributed by atoms with E-state index in [9.17, 15) is 86.9 Å². The second-order valence-corrected chi connectivity index (χ2v) is 10.6. The Labute approximate surface area is 296 Å². The fraction of sp³-hybridized carbons (Fsp3) is 0.0833. The quantitative estimate of drug-likeness (QED) is 0.187. The van der Waals surface area contributed by atoms with Gasteiger partial charge in [-0.15, -0.1) is 0 Å². The predicted molar refractivity (Wildman–Crippen MR) is 160 cm³/mol. The molecule has 3 aromatic rings. The Bertz CT molecular complexity index is 2410. The first-order chi connectivity index (χ1) is 25.3. The molecule has 1 saturated carbocycles. The molecule has 0 aliphatic heterocycles. The first-order valence-electron chi connectivity index (χ1n) is 13.9. The van der Waals surface area contributed by atoms with Gasteiger partial charge in [0, 0.05) is 33.4 Å². The second-order valence-electron chi connectivity index (χ2n) is 10.6. The number of hydrogen-bond donors (Lipinski definition) is 0. The van der Waals surface area contributed by atoms with Gasteiger partial charge >= 0.3 is 18.5 Å². The maximum atomic E-state index is 14.5. The van der Waals surface area contributed by atoms with Crippen molar-refractivity contribution in [1.82, 2.24) is 0 Å². The molecule has 1 fully saturated rings. The Morgan fingerprint density at radius 2 is 0.574 bits per heavy atom. The minimum atomic E-state index is -5.50. The van der Waals surface area contributed by atoms with Crippen molar-refractivity contribution in [2.75, 3.05) is 0 Å². The van der Waals surface area contributed by atoms with Gasteiger partial charge in [-0.3, -0.25) is 0 Å². The van der Waals surface area contributed by atoms with Crippen molar-refractivity contribution in [2.45, 2.75) is 18.5 Å². The molecule has 54 heavy (non-hydrogen) atoms. The summed E-state index contributed by atoms with van der Waals surface area (Å²) in [6.45, 7) is 0. The third-order valence-electron chi connectivity index (χ3n) is 7.60. The summed E-state index contributed by atoms with van der Waals surface area (Å²) in [5.74, 6) is 0. The van der Waals surface area contributed by atoms with Crippen LogP contribution in [0.1, 0.15) is 66.8 Å². The molecule has 0 N–H and O–H groups in total. The number of nitriles is 9. The summed E-state index contributed by atoms with van der Waals surface area (Å²) in [7, 11) is 0. The van der Waals surface area contributed by atoms with Crippen LogP contribution in [0.5, 0.6) is 0 Å². The Morgan fingerprint density at radius 3 is 0.722 bits per heavy atom. The number of nitrogens with zero attached hydrogens (tertiary/aromatic N) is 9. The number of halogens is 9. The van der Waals surface area contributed by atoms with Crippen molar-refractivity contribution in [2.24, 2.45) is 0 Å². The number of rotatable bonds is 3. The van der Waals surface area contributed by atoms with E-state index >= 15 is 0 Å². The molecule has 0 aromatic heterocycles. The van der Waals surface area contributed by atoms with Crippen LogP contribution in [0.4, 0.5) is 39.5 Å². The number of allylic oxidation sites excluding steroid dienone is 6. The largest absolute Gasteiger partial charge is 0.417 e. The van der Waals surface area contributed by atoms with Crippen molar-refractivity contribution < 1.29 is 39.5 Å². The van der Waals surface area contributed by atoms with Gasteiger partial charge in [0.1, 0.15) is 18.2 Å². The Kier molecular flexibility index (Phi) is 9.80. The number of alkyl halides is 9. The van der Waals surface area contributed by atoms with Crippen LogP contribution in [0.3, 0.4) is 0 Å². The van der Waals surface area contributed by atoms with Gasteiger partial charge in [0.25, 0.3) is 0 Å². The zero-order valence-corrected chi connectivity index (χ0v) is 25.9. The highest BCUT2D eigenvalue weighted by atomic mass is 19.4. The summed E-state index contributed by atoms with van der Waals surface area (Å²) in [6.07, 6.45) is -16.5. The molecule has 0 heterocycles. The van der Waals surface area contributed by atoms with Crippen LogP contribution in [-0.4, -0.2) is 0 Å². The van der Waals surface area contributed by atoms with E-state index in [1.54, 1.807) is 0 Å². The van der Waals surface area contributed by atoms with Gasteiger partial charge in [-0.1, -0.05) is 0 Å². The second kappa shape index (κ2) is 13.8.